The number of rotatable bonds is 2. The molecule has 1 aromatic heterocycles. The van der Waals surface area contributed by atoms with Crippen LogP contribution in [0.3, 0.4) is 0 Å². The van der Waals surface area contributed by atoms with Crippen LogP contribution in [0, 0.1) is 17.5 Å². The Balaban J connectivity index is 2.42. The Labute approximate surface area is 121 Å². The van der Waals surface area contributed by atoms with E-state index in [2.05, 4.69) is 10.3 Å². The van der Waals surface area contributed by atoms with Gasteiger partial charge < -0.3 is 5.32 Å². The molecule has 0 saturated carbocycles. The third kappa shape index (κ3) is 3.05. The molecule has 2 aromatic rings. The minimum atomic E-state index is -1.30. The van der Waals surface area contributed by atoms with E-state index in [9.17, 15) is 13.2 Å². The molecule has 1 N–H and O–H groups in total. The molecule has 0 atom stereocenters. The van der Waals surface area contributed by atoms with Crippen LogP contribution < -0.4 is 5.32 Å². The minimum Gasteiger partial charge on any atom is -0.336 e. The Bertz CT molecular complexity index is 594. The van der Waals surface area contributed by atoms with Gasteiger partial charge >= 0.3 is 0 Å². The molecule has 0 saturated heterocycles. The van der Waals surface area contributed by atoms with Gasteiger partial charge in [0.1, 0.15) is 11.0 Å². The molecule has 1 aromatic carbocycles. The number of benzene rings is 1. The second-order valence-electron chi connectivity index (χ2n) is 3.46. The largest absolute Gasteiger partial charge is 0.336 e. The van der Waals surface area contributed by atoms with E-state index in [1.807, 2.05) is 0 Å². The van der Waals surface area contributed by atoms with E-state index in [-0.39, 0.29) is 26.7 Å². The maximum atomic E-state index is 13.4. The van der Waals surface area contributed by atoms with Gasteiger partial charge in [0, 0.05) is 12.1 Å². The molecule has 19 heavy (non-hydrogen) atoms. The normalized spacial score (nSPS) is 10.6. The topological polar surface area (TPSA) is 24.9 Å². The lowest BCUT2D eigenvalue weighted by Crippen LogP contribution is -2.00. The van der Waals surface area contributed by atoms with E-state index in [1.165, 1.54) is 6.07 Å². The fraction of sp³-hybridized carbons (Fsp3) is 0. The number of pyridine rings is 1. The zero-order valence-corrected chi connectivity index (χ0v) is 11.2. The average Bonchev–Trinajstić information content (AvgIpc) is 2.32. The molecule has 0 spiro atoms. The van der Waals surface area contributed by atoms with Gasteiger partial charge in [0.05, 0.1) is 15.7 Å². The minimum absolute atomic E-state index is 0.0269. The van der Waals surface area contributed by atoms with Crippen molar-refractivity contribution in [3.8, 4) is 0 Å². The van der Waals surface area contributed by atoms with Gasteiger partial charge in [0.15, 0.2) is 17.5 Å². The fourth-order valence-corrected chi connectivity index (χ4v) is 1.82. The van der Waals surface area contributed by atoms with E-state index in [0.717, 1.165) is 0 Å². The van der Waals surface area contributed by atoms with E-state index >= 15 is 0 Å². The maximum absolute atomic E-state index is 13.4. The molecule has 0 amide bonds. The third-order valence-electron chi connectivity index (χ3n) is 2.15. The summed E-state index contributed by atoms with van der Waals surface area (Å²) < 4.78 is 39.2. The monoisotopic (exact) mass is 326 g/mol. The van der Waals surface area contributed by atoms with Crippen molar-refractivity contribution in [2.24, 2.45) is 0 Å². The second-order valence-corrected chi connectivity index (χ2v) is 4.64. The summed E-state index contributed by atoms with van der Waals surface area (Å²) >= 11 is 17.2. The molecule has 0 aliphatic carbocycles. The average molecular weight is 328 g/mol. The number of hydrogen-bond donors (Lipinski definition) is 1. The predicted octanol–water partition coefficient (Wildman–Crippen LogP) is 5.20. The summed E-state index contributed by atoms with van der Waals surface area (Å²) in [6.07, 6.45) is 0. The summed E-state index contributed by atoms with van der Waals surface area (Å²) in [4.78, 5) is 3.77. The zero-order chi connectivity index (χ0) is 14.2. The molecule has 0 unspecified atom stereocenters. The summed E-state index contributed by atoms with van der Waals surface area (Å²) in [5.74, 6) is -3.53. The summed E-state index contributed by atoms with van der Waals surface area (Å²) in [6.45, 7) is 0. The molecule has 2 nitrogen and oxygen atoms in total. The maximum Gasteiger partial charge on any atom is 0.161 e. The Morgan fingerprint density at radius 3 is 2.16 bits per heavy atom. The van der Waals surface area contributed by atoms with Crippen molar-refractivity contribution >= 4 is 46.3 Å². The van der Waals surface area contributed by atoms with Crippen molar-refractivity contribution in [3.63, 3.8) is 0 Å². The lowest BCUT2D eigenvalue weighted by molar-refractivity contribution is 0.496. The summed E-state index contributed by atoms with van der Waals surface area (Å²) in [6, 6.07) is 2.34. The van der Waals surface area contributed by atoms with Crippen LogP contribution in [0.4, 0.5) is 24.7 Å². The summed E-state index contributed by atoms with van der Waals surface area (Å²) in [5.41, 5.74) is -0.327. The highest BCUT2D eigenvalue weighted by Gasteiger charge is 2.13. The second kappa shape index (κ2) is 5.45. The smallest absolute Gasteiger partial charge is 0.161 e. The lowest BCUT2D eigenvalue weighted by Gasteiger charge is -2.10. The number of nitrogens with one attached hydrogen (secondary N) is 1. The number of aromatic nitrogens is 1. The van der Waals surface area contributed by atoms with Gasteiger partial charge in [-0.05, 0) is 6.07 Å². The van der Waals surface area contributed by atoms with Crippen LogP contribution in [0.2, 0.25) is 15.2 Å². The Hall–Kier alpha value is -1.17. The Morgan fingerprint density at radius 2 is 1.47 bits per heavy atom. The zero-order valence-electron chi connectivity index (χ0n) is 8.95. The SMILES string of the molecule is Fc1cc(F)c(Nc2nc(Cl)c(Cl)cc2Cl)cc1F. The van der Waals surface area contributed by atoms with Crippen molar-refractivity contribution in [3.05, 3.63) is 50.8 Å². The first-order valence-corrected chi connectivity index (χ1v) is 5.95. The molecule has 0 bridgehead atoms. The van der Waals surface area contributed by atoms with Crippen molar-refractivity contribution in [1.82, 2.24) is 4.98 Å². The highest BCUT2D eigenvalue weighted by molar-refractivity contribution is 6.43. The van der Waals surface area contributed by atoms with Gasteiger partial charge in [0.2, 0.25) is 0 Å². The van der Waals surface area contributed by atoms with Crippen LogP contribution in [0.15, 0.2) is 18.2 Å². The molecule has 1 heterocycles. The van der Waals surface area contributed by atoms with E-state index < -0.39 is 17.5 Å². The fourth-order valence-electron chi connectivity index (χ4n) is 1.28. The first kappa shape index (κ1) is 14.2. The summed E-state index contributed by atoms with van der Waals surface area (Å²) in [5, 5.41) is 2.52. The van der Waals surface area contributed by atoms with Crippen LogP contribution >= 0.6 is 34.8 Å². The molecular formula is C11H4Cl3F3N2. The molecule has 0 radical (unpaired) electrons. The molecule has 100 valence electrons. The molecular weight excluding hydrogens is 323 g/mol. The van der Waals surface area contributed by atoms with Gasteiger partial charge in [0.25, 0.3) is 0 Å². The highest BCUT2D eigenvalue weighted by atomic mass is 35.5. The molecule has 2 rings (SSSR count). The van der Waals surface area contributed by atoms with Crippen molar-refractivity contribution in [1.29, 1.82) is 0 Å². The van der Waals surface area contributed by atoms with Crippen LogP contribution in [-0.4, -0.2) is 4.98 Å². The third-order valence-corrected chi connectivity index (χ3v) is 3.11. The number of nitrogens with zero attached hydrogens (tertiary/aromatic N) is 1. The van der Waals surface area contributed by atoms with Crippen molar-refractivity contribution in [2.75, 3.05) is 5.32 Å². The van der Waals surface area contributed by atoms with Crippen LogP contribution in [0.1, 0.15) is 0 Å². The predicted molar refractivity (Wildman–Crippen MR) is 68.9 cm³/mol. The summed E-state index contributed by atoms with van der Waals surface area (Å²) in [7, 11) is 0. The van der Waals surface area contributed by atoms with Gasteiger partial charge in [-0.2, -0.15) is 0 Å². The molecule has 0 aliphatic rings. The first-order chi connectivity index (χ1) is 8.88. The quantitative estimate of drug-likeness (QED) is 0.605. The number of halogens is 6. The van der Waals surface area contributed by atoms with Crippen molar-refractivity contribution < 1.29 is 13.2 Å². The van der Waals surface area contributed by atoms with Crippen LogP contribution in [-0.2, 0) is 0 Å². The van der Waals surface area contributed by atoms with Gasteiger partial charge in [-0.15, -0.1) is 0 Å². The van der Waals surface area contributed by atoms with Crippen LogP contribution in [0.5, 0.6) is 0 Å². The first-order valence-electron chi connectivity index (χ1n) is 4.81. The van der Waals surface area contributed by atoms with Gasteiger partial charge in [-0.3, -0.25) is 0 Å². The number of anilines is 2. The van der Waals surface area contributed by atoms with E-state index in [0.29, 0.717) is 12.1 Å². The van der Waals surface area contributed by atoms with Gasteiger partial charge in [-0.25, -0.2) is 18.2 Å². The van der Waals surface area contributed by atoms with Crippen LogP contribution in [0.25, 0.3) is 0 Å². The molecule has 0 fully saturated rings. The Morgan fingerprint density at radius 1 is 0.842 bits per heavy atom. The molecule has 8 heteroatoms. The van der Waals surface area contributed by atoms with E-state index in [4.69, 9.17) is 34.8 Å². The highest BCUT2D eigenvalue weighted by Crippen LogP contribution is 2.31. The van der Waals surface area contributed by atoms with Gasteiger partial charge in [-0.1, -0.05) is 34.8 Å². The molecule has 0 aliphatic heterocycles. The van der Waals surface area contributed by atoms with E-state index in [1.54, 1.807) is 0 Å². The lowest BCUT2D eigenvalue weighted by atomic mass is 10.2. The standard InChI is InChI=1S/C11H4Cl3F3N2/c12-4-1-5(13)11(19-10(4)14)18-9-3-7(16)6(15)2-8(9)17/h1-3H,(H,18,19). The van der Waals surface area contributed by atoms with Crippen molar-refractivity contribution in [2.45, 2.75) is 0 Å². The Kier molecular flexibility index (Phi) is 4.08. The number of hydrogen-bond acceptors (Lipinski definition) is 2.